The van der Waals surface area contributed by atoms with Gasteiger partial charge in [-0.1, -0.05) is 11.8 Å². The van der Waals surface area contributed by atoms with Crippen molar-refractivity contribution in [2.24, 2.45) is 5.92 Å². The number of aryl methyl sites for hydroxylation is 1. The van der Waals surface area contributed by atoms with Gasteiger partial charge in [0.1, 0.15) is 5.82 Å². The summed E-state index contributed by atoms with van der Waals surface area (Å²) in [7, 11) is 0. The fraction of sp³-hybridized carbons (Fsp3) is 0.455. The molecule has 8 nitrogen and oxygen atoms in total. The Morgan fingerprint density at radius 3 is 2.83 bits per heavy atom. The van der Waals surface area contributed by atoms with E-state index in [1.807, 2.05) is 24.0 Å². The Labute approximate surface area is 176 Å². The second-order valence-corrected chi connectivity index (χ2v) is 7.58. The van der Waals surface area contributed by atoms with Crippen molar-refractivity contribution >= 4 is 17.7 Å². The third kappa shape index (κ3) is 4.52. The number of nitrogen functional groups attached to an aromatic ring is 1. The third-order valence-electron chi connectivity index (χ3n) is 5.47. The Kier molecular flexibility index (Phi) is 6.10. The molecule has 0 aliphatic carbocycles. The van der Waals surface area contributed by atoms with Gasteiger partial charge in [0.05, 0.1) is 30.4 Å². The molecule has 2 aliphatic heterocycles. The second kappa shape index (κ2) is 9.09. The van der Waals surface area contributed by atoms with Crippen LogP contribution in [0.25, 0.3) is 0 Å². The summed E-state index contributed by atoms with van der Waals surface area (Å²) in [4.78, 5) is 30.0. The van der Waals surface area contributed by atoms with Gasteiger partial charge >= 0.3 is 0 Å². The Hall–Kier alpha value is -3.18. The lowest BCUT2D eigenvalue weighted by Gasteiger charge is -2.37. The Balaban J connectivity index is 1.59. The molecule has 2 N–H and O–H groups in total. The third-order valence-corrected chi connectivity index (χ3v) is 5.47. The summed E-state index contributed by atoms with van der Waals surface area (Å²) >= 11 is 0. The van der Waals surface area contributed by atoms with Gasteiger partial charge in [-0.15, -0.1) is 0 Å². The van der Waals surface area contributed by atoms with Crippen LogP contribution in [0.4, 0.5) is 11.8 Å². The fourth-order valence-corrected chi connectivity index (χ4v) is 3.94. The lowest BCUT2D eigenvalue weighted by Crippen LogP contribution is -2.48. The number of piperidine rings is 1. The van der Waals surface area contributed by atoms with E-state index < -0.39 is 0 Å². The summed E-state index contributed by atoms with van der Waals surface area (Å²) in [5.74, 6) is 7.40. The van der Waals surface area contributed by atoms with Crippen LogP contribution in [-0.2, 0) is 9.53 Å². The predicted molar refractivity (Wildman–Crippen MR) is 114 cm³/mol. The van der Waals surface area contributed by atoms with Gasteiger partial charge in [-0.25, -0.2) is 4.98 Å². The van der Waals surface area contributed by atoms with Crippen molar-refractivity contribution in [3.63, 3.8) is 0 Å². The molecule has 0 radical (unpaired) electrons. The van der Waals surface area contributed by atoms with E-state index in [9.17, 15) is 4.79 Å². The molecular weight excluding hydrogens is 380 g/mol. The molecule has 2 saturated heterocycles. The molecule has 1 atom stereocenters. The van der Waals surface area contributed by atoms with E-state index in [0.29, 0.717) is 38.7 Å². The second-order valence-electron chi connectivity index (χ2n) is 7.58. The van der Waals surface area contributed by atoms with Gasteiger partial charge in [-0.05, 0) is 31.9 Å². The molecule has 0 spiro atoms. The van der Waals surface area contributed by atoms with Crippen molar-refractivity contribution in [2.75, 3.05) is 50.0 Å². The number of anilines is 2. The number of pyridine rings is 1. The molecule has 2 fully saturated rings. The average Bonchev–Trinajstić information content (AvgIpc) is 2.79. The number of rotatable bonds is 2. The molecular formula is C22H26N6O2. The molecule has 0 unspecified atom stereocenters. The molecule has 4 rings (SSSR count). The maximum atomic E-state index is 13.0. The molecule has 4 heterocycles. The van der Waals surface area contributed by atoms with E-state index in [2.05, 4.69) is 31.7 Å². The van der Waals surface area contributed by atoms with Crippen molar-refractivity contribution in [2.45, 2.75) is 19.8 Å². The number of aromatic nitrogens is 3. The highest BCUT2D eigenvalue weighted by molar-refractivity contribution is 5.80. The zero-order chi connectivity index (χ0) is 20.9. The highest BCUT2D eigenvalue weighted by atomic mass is 16.5. The number of morpholine rings is 1. The summed E-state index contributed by atoms with van der Waals surface area (Å²) in [5.41, 5.74) is 8.25. The molecule has 2 aromatic heterocycles. The summed E-state index contributed by atoms with van der Waals surface area (Å²) < 4.78 is 5.38. The van der Waals surface area contributed by atoms with Crippen LogP contribution in [0.2, 0.25) is 0 Å². The minimum atomic E-state index is -0.0625. The number of nitrogens with two attached hydrogens (primary N) is 1. The maximum Gasteiger partial charge on any atom is 0.227 e. The van der Waals surface area contributed by atoms with E-state index in [1.54, 1.807) is 12.4 Å². The Morgan fingerprint density at radius 2 is 2.07 bits per heavy atom. The van der Waals surface area contributed by atoms with E-state index in [-0.39, 0.29) is 17.8 Å². The maximum absolute atomic E-state index is 13.0. The number of hydrogen-bond acceptors (Lipinski definition) is 7. The number of carbonyl (C=O) groups excluding carboxylic acids is 1. The Morgan fingerprint density at radius 1 is 1.23 bits per heavy atom. The van der Waals surface area contributed by atoms with Crippen LogP contribution in [-0.4, -0.2) is 65.2 Å². The van der Waals surface area contributed by atoms with Crippen LogP contribution in [0.15, 0.2) is 24.5 Å². The number of nitrogens with zero attached hydrogens (tertiary/aromatic N) is 5. The number of ether oxygens (including phenoxy) is 1. The molecule has 1 amide bonds. The van der Waals surface area contributed by atoms with E-state index in [0.717, 1.165) is 36.2 Å². The minimum Gasteiger partial charge on any atom is -0.378 e. The highest BCUT2D eigenvalue weighted by Gasteiger charge is 2.31. The number of carbonyl (C=O) groups is 1. The normalized spacial score (nSPS) is 19.2. The van der Waals surface area contributed by atoms with E-state index >= 15 is 0 Å². The van der Waals surface area contributed by atoms with Gasteiger partial charge in [-0.2, -0.15) is 4.98 Å². The van der Waals surface area contributed by atoms with Crippen LogP contribution in [0, 0.1) is 24.7 Å². The zero-order valence-electron chi connectivity index (χ0n) is 17.2. The molecule has 2 aliphatic rings. The van der Waals surface area contributed by atoms with Crippen LogP contribution < -0.4 is 10.6 Å². The van der Waals surface area contributed by atoms with E-state index in [4.69, 9.17) is 10.5 Å². The van der Waals surface area contributed by atoms with Crippen molar-refractivity contribution in [1.82, 2.24) is 19.9 Å². The van der Waals surface area contributed by atoms with Gasteiger partial charge < -0.3 is 20.3 Å². The molecule has 0 bridgehead atoms. The molecule has 0 saturated carbocycles. The van der Waals surface area contributed by atoms with Crippen LogP contribution in [0.5, 0.6) is 0 Å². The van der Waals surface area contributed by atoms with Gasteiger partial charge in [-0.3, -0.25) is 9.78 Å². The lowest BCUT2D eigenvalue weighted by molar-refractivity contribution is -0.139. The first-order valence-corrected chi connectivity index (χ1v) is 10.3. The molecule has 0 aromatic carbocycles. The topological polar surface area (TPSA) is 97.5 Å². The number of hydrogen-bond donors (Lipinski definition) is 1. The molecule has 156 valence electrons. The first kappa shape index (κ1) is 20.1. The van der Waals surface area contributed by atoms with Crippen molar-refractivity contribution in [3.05, 3.63) is 41.3 Å². The van der Waals surface area contributed by atoms with Crippen LogP contribution in [0.3, 0.4) is 0 Å². The first-order chi connectivity index (χ1) is 14.6. The largest absolute Gasteiger partial charge is 0.378 e. The van der Waals surface area contributed by atoms with Gasteiger partial charge in [0.15, 0.2) is 0 Å². The predicted octanol–water partition coefficient (Wildman–Crippen LogP) is 1.24. The first-order valence-electron chi connectivity index (χ1n) is 10.3. The van der Waals surface area contributed by atoms with Crippen molar-refractivity contribution in [1.29, 1.82) is 0 Å². The van der Waals surface area contributed by atoms with Crippen molar-refractivity contribution in [3.8, 4) is 11.8 Å². The molecule has 8 heteroatoms. The summed E-state index contributed by atoms with van der Waals surface area (Å²) in [6, 6.07) is 3.76. The van der Waals surface area contributed by atoms with Crippen LogP contribution in [0.1, 0.15) is 29.7 Å². The Bertz CT molecular complexity index is 963. The molecule has 30 heavy (non-hydrogen) atoms. The minimum absolute atomic E-state index is 0.0625. The zero-order valence-corrected chi connectivity index (χ0v) is 17.2. The smallest absolute Gasteiger partial charge is 0.227 e. The van der Waals surface area contributed by atoms with Crippen molar-refractivity contribution < 1.29 is 9.53 Å². The van der Waals surface area contributed by atoms with Gasteiger partial charge in [0, 0.05) is 44.1 Å². The lowest BCUT2D eigenvalue weighted by atomic mass is 9.96. The van der Waals surface area contributed by atoms with Gasteiger partial charge in [0.2, 0.25) is 11.9 Å². The standard InChI is InChI=1S/C22H26N6O2/c1-16-19(7-6-17-4-2-8-24-14-17)20(26-22(23)25-16)28-9-3-5-18(15-28)21(29)27-10-12-30-13-11-27/h2,4,8,14,18H,3,5,9-13,15H2,1H3,(H2,23,25,26)/t18-/m1/s1. The van der Waals surface area contributed by atoms with Crippen LogP contribution >= 0.6 is 0 Å². The van der Waals surface area contributed by atoms with E-state index in [1.165, 1.54) is 0 Å². The molecule has 2 aromatic rings. The average molecular weight is 406 g/mol. The summed E-state index contributed by atoms with van der Waals surface area (Å²) in [5, 5.41) is 0. The summed E-state index contributed by atoms with van der Waals surface area (Å²) in [6.07, 6.45) is 5.23. The summed E-state index contributed by atoms with van der Waals surface area (Å²) in [6.45, 7) is 5.84. The fourth-order valence-electron chi connectivity index (χ4n) is 3.94. The highest BCUT2D eigenvalue weighted by Crippen LogP contribution is 2.27. The quantitative estimate of drug-likeness (QED) is 0.750. The monoisotopic (exact) mass is 406 g/mol. The van der Waals surface area contributed by atoms with Gasteiger partial charge in [0.25, 0.3) is 0 Å². The SMILES string of the molecule is Cc1nc(N)nc(N2CCC[C@@H](C(=O)N3CCOCC3)C2)c1C#Cc1cccnc1. The number of amides is 1.